The zero-order valence-corrected chi connectivity index (χ0v) is 19.9. The molecule has 0 aliphatic carbocycles. The lowest BCUT2D eigenvalue weighted by Crippen LogP contribution is -2.39. The Morgan fingerprint density at radius 3 is 2.31 bits per heavy atom. The average molecular weight is 518 g/mol. The van der Waals surface area contributed by atoms with Crippen molar-refractivity contribution in [3.63, 3.8) is 0 Å². The van der Waals surface area contributed by atoms with Crippen LogP contribution in [0.4, 0.5) is 0 Å². The second kappa shape index (κ2) is 12.5. The third kappa shape index (κ3) is 7.73. The first-order valence-corrected chi connectivity index (χ1v) is 9.35. The first-order chi connectivity index (χ1) is 13.5. The summed E-state index contributed by atoms with van der Waals surface area (Å²) in [5.74, 6) is 2.83. The standard InChI is InChI=1S/C20H30N4O4.HI/c1-6-21-20(22-11-17-10-18(13(2)3)24-28-17)23-12-19(25)14-7-15(26-4)9-16(8-14)27-5;/h7-10,13,19,25H,6,11-12H2,1-5H3,(H2,21,22,23);1H. The molecule has 2 rings (SSSR count). The second-order valence-corrected chi connectivity index (χ2v) is 6.61. The van der Waals surface area contributed by atoms with Crippen molar-refractivity contribution in [2.75, 3.05) is 27.3 Å². The Hall–Kier alpha value is -2.01. The molecule has 162 valence electrons. The molecule has 2 aromatic rings. The number of aliphatic hydroxyl groups is 1. The molecule has 0 bridgehead atoms. The van der Waals surface area contributed by atoms with Gasteiger partial charge in [0.2, 0.25) is 0 Å². The van der Waals surface area contributed by atoms with Crippen LogP contribution in [0, 0.1) is 0 Å². The third-order valence-electron chi connectivity index (χ3n) is 4.13. The summed E-state index contributed by atoms with van der Waals surface area (Å²) in [6, 6.07) is 7.23. The zero-order chi connectivity index (χ0) is 20.5. The number of nitrogens with zero attached hydrogens (tertiary/aromatic N) is 2. The second-order valence-electron chi connectivity index (χ2n) is 6.61. The molecule has 1 aromatic carbocycles. The molecule has 1 unspecified atom stereocenters. The highest BCUT2D eigenvalue weighted by atomic mass is 127. The Morgan fingerprint density at radius 2 is 1.79 bits per heavy atom. The van der Waals surface area contributed by atoms with E-state index in [0.29, 0.717) is 47.8 Å². The number of ether oxygens (including phenoxy) is 2. The number of rotatable bonds is 9. The Balaban J connectivity index is 0.00000420. The molecule has 1 heterocycles. The molecule has 0 aliphatic heterocycles. The summed E-state index contributed by atoms with van der Waals surface area (Å²) in [7, 11) is 3.15. The lowest BCUT2D eigenvalue weighted by atomic mass is 10.1. The van der Waals surface area contributed by atoms with Crippen molar-refractivity contribution in [3.05, 3.63) is 41.3 Å². The number of aromatic nitrogens is 1. The summed E-state index contributed by atoms with van der Waals surface area (Å²) in [4.78, 5) is 4.49. The van der Waals surface area contributed by atoms with Crippen molar-refractivity contribution in [1.82, 2.24) is 15.8 Å². The summed E-state index contributed by atoms with van der Waals surface area (Å²) in [5.41, 5.74) is 1.60. The lowest BCUT2D eigenvalue weighted by molar-refractivity contribution is 0.180. The first kappa shape index (κ1) is 25.0. The molecular weight excluding hydrogens is 487 g/mol. The van der Waals surface area contributed by atoms with Gasteiger partial charge in [0.1, 0.15) is 18.0 Å². The zero-order valence-electron chi connectivity index (χ0n) is 17.6. The van der Waals surface area contributed by atoms with E-state index in [1.807, 2.05) is 13.0 Å². The number of aliphatic hydroxyl groups excluding tert-OH is 1. The fourth-order valence-corrected chi connectivity index (χ4v) is 2.51. The van der Waals surface area contributed by atoms with Gasteiger partial charge in [-0.1, -0.05) is 19.0 Å². The Morgan fingerprint density at radius 1 is 1.14 bits per heavy atom. The van der Waals surface area contributed by atoms with Crippen LogP contribution in [0.3, 0.4) is 0 Å². The summed E-state index contributed by atoms with van der Waals surface area (Å²) in [5, 5.41) is 20.9. The van der Waals surface area contributed by atoms with Crippen LogP contribution in [0.15, 0.2) is 33.8 Å². The van der Waals surface area contributed by atoms with E-state index in [4.69, 9.17) is 14.0 Å². The van der Waals surface area contributed by atoms with Crippen LogP contribution in [0.5, 0.6) is 11.5 Å². The number of halogens is 1. The molecule has 0 radical (unpaired) electrons. The van der Waals surface area contributed by atoms with Crippen molar-refractivity contribution in [3.8, 4) is 11.5 Å². The number of hydrogen-bond acceptors (Lipinski definition) is 6. The van der Waals surface area contributed by atoms with Gasteiger partial charge >= 0.3 is 0 Å². The van der Waals surface area contributed by atoms with E-state index in [2.05, 4.69) is 34.6 Å². The normalized spacial score (nSPS) is 12.3. The SMILES string of the molecule is CCNC(=NCc1cc(C(C)C)no1)NCC(O)c1cc(OC)cc(OC)c1.I. The van der Waals surface area contributed by atoms with Crippen LogP contribution < -0.4 is 20.1 Å². The molecule has 0 spiro atoms. The van der Waals surface area contributed by atoms with E-state index in [1.165, 1.54) is 0 Å². The molecular formula is C20H31IN4O4. The minimum absolute atomic E-state index is 0. The molecule has 1 atom stereocenters. The van der Waals surface area contributed by atoms with Crippen molar-refractivity contribution in [2.45, 2.75) is 39.3 Å². The minimum atomic E-state index is -0.759. The van der Waals surface area contributed by atoms with E-state index in [0.717, 1.165) is 5.69 Å². The highest BCUT2D eigenvalue weighted by molar-refractivity contribution is 14.0. The maximum absolute atomic E-state index is 10.5. The molecule has 0 aliphatic rings. The van der Waals surface area contributed by atoms with Crippen LogP contribution >= 0.6 is 24.0 Å². The van der Waals surface area contributed by atoms with Gasteiger partial charge in [0, 0.05) is 25.2 Å². The molecule has 1 aromatic heterocycles. The molecule has 0 amide bonds. The van der Waals surface area contributed by atoms with Gasteiger partial charge in [-0.2, -0.15) is 0 Å². The number of benzene rings is 1. The number of aliphatic imine (C=N–C) groups is 1. The maximum atomic E-state index is 10.5. The highest BCUT2D eigenvalue weighted by Crippen LogP contribution is 2.26. The molecule has 8 nitrogen and oxygen atoms in total. The maximum Gasteiger partial charge on any atom is 0.191 e. The van der Waals surface area contributed by atoms with E-state index in [9.17, 15) is 5.11 Å². The van der Waals surface area contributed by atoms with Crippen molar-refractivity contribution < 1.29 is 19.1 Å². The van der Waals surface area contributed by atoms with Gasteiger partial charge in [0.05, 0.1) is 26.0 Å². The summed E-state index contributed by atoms with van der Waals surface area (Å²) in [6.07, 6.45) is -0.759. The number of guanidine groups is 1. The van der Waals surface area contributed by atoms with Crippen LogP contribution in [-0.4, -0.2) is 43.5 Å². The number of hydrogen-bond donors (Lipinski definition) is 3. The van der Waals surface area contributed by atoms with Gasteiger partial charge in [-0.25, -0.2) is 4.99 Å². The van der Waals surface area contributed by atoms with Crippen LogP contribution in [0.25, 0.3) is 0 Å². The van der Waals surface area contributed by atoms with E-state index >= 15 is 0 Å². The average Bonchev–Trinajstić information content (AvgIpc) is 3.18. The quantitative estimate of drug-likeness (QED) is 0.266. The van der Waals surface area contributed by atoms with Crippen LogP contribution in [0.2, 0.25) is 0 Å². The van der Waals surface area contributed by atoms with Crippen molar-refractivity contribution >= 4 is 29.9 Å². The largest absolute Gasteiger partial charge is 0.497 e. The van der Waals surface area contributed by atoms with Crippen LogP contribution in [-0.2, 0) is 6.54 Å². The molecule has 0 saturated carbocycles. The fourth-order valence-electron chi connectivity index (χ4n) is 2.51. The third-order valence-corrected chi connectivity index (χ3v) is 4.13. The van der Waals surface area contributed by atoms with Gasteiger partial charge in [-0.05, 0) is 30.5 Å². The number of methoxy groups -OCH3 is 2. The summed E-state index contributed by atoms with van der Waals surface area (Å²) < 4.78 is 15.8. The topological polar surface area (TPSA) is 101 Å². The summed E-state index contributed by atoms with van der Waals surface area (Å²) >= 11 is 0. The summed E-state index contributed by atoms with van der Waals surface area (Å²) in [6.45, 7) is 7.43. The predicted molar refractivity (Wildman–Crippen MR) is 123 cm³/mol. The van der Waals surface area contributed by atoms with E-state index in [1.54, 1.807) is 32.4 Å². The lowest BCUT2D eigenvalue weighted by Gasteiger charge is -2.17. The first-order valence-electron chi connectivity index (χ1n) is 9.35. The predicted octanol–water partition coefficient (Wildman–Crippen LogP) is 3.22. The highest BCUT2D eigenvalue weighted by Gasteiger charge is 2.12. The van der Waals surface area contributed by atoms with Gasteiger partial charge in [0.25, 0.3) is 0 Å². The fraction of sp³-hybridized carbons (Fsp3) is 0.500. The number of nitrogens with one attached hydrogen (secondary N) is 2. The molecule has 3 N–H and O–H groups in total. The van der Waals surface area contributed by atoms with Crippen molar-refractivity contribution in [2.24, 2.45) is 4.99 Å². The van der Waals surface area contributed by atoms with E-state index < -0.39 is 6.10 Å². The van der Waals surface area contributed by atoms with Gasteiger partial charge in [0.15, 0.2) is 11.7 Å². The smallest absolute Gasteiger partial charge is 0.191 e. The van der Waals surface area contributed by atoms with Gasteiger partial charge < -0.3 is 29.7 Å². The molecule has 9 heteroatoms. The Kier molecular flexibility index (Phi) is 10.8. The minimum Gasteiger partial charge on any atom is -0.497 e. The molecule has 0 fully saturated rings. The van der Waals surface area contributed by atoms with Crippen molar-refractivity contribution in [1.29, 1.82) is 0 Å². The Labute approximate surface area is 189 Å². The van der Waals surface area contributed by atoms with Gasteiger partial charge in [-0.3, -0.25) is 0 Å². The van der Waals surface area contributed by atoms with Gasteiger partial charge in [-0.15, -0.1) is 24.0 Å². The van der Waals surface area contributed by atoms with E-state index in [-0.39, 0.29) is 30.5 Å². The monoisotopic (exact) mass is 518 g/mol. The molecule has 29 heavy (non-hydrogen) atoms. The van der Waals surface area contributed by atoms with Crippen LogP contribution in [0.1, 0.15) is 49.8 Å². The molecule has 0 saturated heterocycles. The Bertz CT molecular complexity index is 757.